The molecule has 0 fully saturated rings. The maximum absolute atomic E-state index is 12.1. The van der Waals surface area contributed by atoms with Gasteiger partial charge in [-0.05, 0) is 31.5 Å². The normalized spacial score (nSPS) is 11.5. The summed E-state index contributed by atoms with van der Waals surface area (Å²) in [5.74, 6) is -0.205. The summed E-state index contributed by atoms with van der Waals surface area (Å²) in [5, 5.41) is 2.77. The highest BCUT2D eigenvalue weighted by atomic mass is 32.2. The maximum atomic E-state index is 12.1. The van der Waals surface area contributed by atoms with Gasteiger partial charge in [0.15, 0.2) is 0 Å². The van der Waals surface area contributed by atoms with E-state index < -0.39 is 10.0 Å². The maximum Gasteiger partial charge on any atom is 0.251 e. The lowest BCUT2D eigenvalue weighted by molar-refractivity contribution is 0.0951. The average molecular weight is 360 g/mol. The van der Waals surface area contributed by atoms with Crippen molar-refractivity contribution in [3.8, 4) is 0 Å². The number of rotatable bonds is 7. The minimum absolute atomic E-state index is 0.205. The van der Waals surface area contributed by atoms with Crippen molar-refractivity contribution in [2.24, 2.45) is 0 Å². The summed E-state index contributed by atoms with van der Waals surface area (Å²) in [6, 6.07) is 15.0. The predicted octanol–water partition coefficient (Wildman–Crippen LogP) is 2.50. The third kappa shape index (κ3) is 5.99. The van der Waals surface area contributed by atoms with E-state index in [0.29, 0.717) is 12.1 Å². The molecule has 0 spiro atoms. The molecule has 0 aliphatic heterocycles. The standard InChI is InChI=1S/C19H24N2O3S/c1-15-7-9-18(10-8-15)19(22)20-11-12-21(25(3,23)24)14-17-6-4-5-16(2)13-17/h4-10,13H,11-12,14H2,1-3H3,(H,20,22). The van der Waals surface area contributed by atoms with Gasteiger partial charge >= 0.3 is 0 Å². The van der Waals surface area contributed by atoms with Crippen LogP contribution in [0.2, 0.25) is 0 Å². The van der Waals surface area contributed by atoms with Crippen LogP contribution in [0, 0.1) is 13.8 Å². The monoisotopic (exact) mass is 360 g/mol. The molecule has 5 nitrogen and oxygen atoms in total. The van der Waals surface area contributed by atoms with Crippen molar-refractivity contribution in [3.63, 3.8) is 0 Å². The van der Waals surface area contributed by atoms with Crippen molar-refractivity contribution in [1.29, 1.82) is 0 Å². The van der Waals surface area contributed by atoms with Crippen LogP contribution in [-0.2, 0) is 16.6 Å². The molecule has 2 aromatic carbocycles. The molecule has 0 bridgehead atoms. The molecular formula is C19H24N2O3S. The highest BCUT2D eigenvalue weighted by molar-refractivity contribution is 7.88. The molecule has 0 saturated carbocycles. The lowest BCUT2D eigenvalue weighted by atomic mass is 10.1. The molecule has 0 aliphatic rings. The number of carbonyl (C=O) groups excluding carboxylic acids is 1. The molecule has 6 heteroatoms. The Morgan fingerprint density at radius 3 is 2.32 bits per heavy atom. The van der Waals surface area contributed by atoms with E-state index in [4.69, 9.17) is 0 Å². The largest absolute Gasteiger partial charge is 0.351 e. The topological polar surface area (TPSA) is 66.5 Å². The van der Waals surface area contributed by atoms with Crippen LogP contribution >= 0.6 is 0 Å². The van der Waals surface area contributed by atoms with E-state index in [2.05, 4.69) is 5.32 Å². The van der Waals surface area contributed by atoms with Crippen LogP contribution in [0.25, 0.3) is 0 Å². The summed E-state index contributed by atoms with van der Waals surface area (Å²) in [6.45, 7) is 4.70. The summed E-state index contributed by atoms with van der Waals surface area (Å²) in [6.07, 6.45) is 1.19. The van der Waals surface area contributed by atoms with E-state index >= 15 is 0 Å². The second-order valence-corrected chi connectivity index (χ2v) is 8.19. The summed E-state index contributed by atoms with van der Waals surface area (Å²) in [7, 11) is -3.36. The summed E-state index contributed by atoms with van der Waals surface area (Å²) < 4.78 is 25.4. The molecule has 2 rings (SSSR count). The minimum atomic E-state index is -3.36. The van der Waals surface area contributed by atoms with Gasteiger partial charge in [0, 0.05) is 25.2 Å². The van der Waals surface area contributed by atoms with Gasteiger partial charge in [-0.3, -0.25) is 4.79 Å². The van der Waals surface area contributed by atoms with Gasteiger partial charge in [0.25, 0.3) is 5.91 Å². The van der Waals surface area contributed by atoms with Crippen molar-refractivity contribution in [3.05, 3.63) is 70.8 Å². The van der Waals surface area contributed by atoms with Gasteiger partial charge in [-0.2, -0.15) is 4.31 Å². The van der Waals surface area contributed by atoms with E-state index in [0.717, 1.165) is 16.7 Å². The Bertz CT molecular complexity index is 830. The molecule has 1 amide bonds. The minimum Gasteiger partial charge on any atom is -0.351 e. The SMILES string of the molecule is Cc1ccc(C(=O)NCCN(Cc2cccc(C)c2)S(C)(=O)=O)cc1. The van der Waals surface area contributed by atoms with Crippen LogP contribution in [0.3, 0.4) is 0 Å². The van der Waals surface area contributed by atoms with Crippen molar-refractivity contribution < 1.29 is 13.2 Å². The van der Waals surface area contributed by atoms with Gasteiger partial charge in [-0.25, -0.2) is 8.42 Å². The fourth-order valence-corrected chi connectivity index (χ4v) is 3.28. The first-order valence-electron chi connectivity index (χ1n) is 8.11. The number of hydrogen-bond donors (Lipinski definition) is 1. The van der Waals surface area contributed by atoms with Crippen LogP contribution in [-0.4, -0.2) is 38.0 Å². The Kier molecular flexibility index (Phi) is 6.33. The smallest absolute Gasteiger partial charge is 0.251 e. The van der Waals surface area contributed by atoms with Gasteiger partial charge in [0.05, 0.1) is 6.26 Å². The zero-order valence-electron chi connectivity index (χ0n) is 14.8. The van der Waals surface area contributed by atoms with E-state index in [1.807, 2.05) is 50.2 Å². The second kappa shape index (κ2) is 8.27. The number of nitrogens with zero attached hydrogens (tertiary/aromatic N) is 1. The van der Waals surface area contributed by atoms with Crippen LogP contribution < -0.4 is 5.32 Å². The Morgan fingerprint density at radius 1 is 1.04 bits per heavy atom. The molecule has 0 unspecified atom stereocenters. The van der Waals surface area contributed by atoms with E-state index in [-0.39, 0.29) is 19.0 Å². The van der Waals surface area contributed by atoms with E-state index in [1.165, 1.54) is 10.6 Å². The lowest BCUT2D eigenvalue weighted by Gasteiger charge is -2.20. The van der Waals surface area contributed by atoms with Gasteiger partial charge < -0.3 is 5.32 Å². The van der Waals surface area contributed by atoms with Crippen molar-refractivity contribution in [2.75, 3.05) is 19.3 Å². The second-order valence-electron chi connectivity index (χ2n) is 6.21. The highest BCUT2D eigenvalue weighted by Crippen LogP contribution is 2.10. The molecule has 0 aromatic heterocycles. The Balaban J connectivity index is 1.96. The van der Waals surface area contributed by atoms with E-state index in [9.17, 15) is 13.2 Å². The highest BCUT2D eigenvalue weighted by Gasteiger charge is 2.17. The summed E-state index contributed by atoms with van der Waals surface area (Å²) in [5.41, 5.74) is 3.65. The number of hydrogen-bond acceptors (Lipinski definition) is 3. The fraction of sp³-hybridized carbons (Fsp3) is 0.316. The van der Waals surface area contributed by atoms with Crippen LogP contribution in [0.1, 0.15) is 27.0 Å². The first-order valence-corrected chi connectivity index (χ1v) is 9.96. The van der Waals surface area contributed by atoms with E-state index in [1.54, 1.807) is 12.1 Å². The van der Waals surface area contributed by atoms with Gasteiger partial charge in [0.1, 0.15) is 0 Å². The molecular weight excluding hydrogens is 336 g/mol. The molecule has 134 valence electrons. The Labute approximate surface area is 149 Å². The molecule has 0 radical (unpaired) electrons. The fourth-order valence-electron chi connectivity index (χ4n) is 2.48. The van der Waals surface area contributed by atoms with Crippen LogP contribution in [0.5, 0.6) is 0 Å². The molecule has 0 atom stereocenters. The third-order valence-corrected chi connectivity index (χ3v) is 5.12. The quantitative estimate of drug-likeness (QED) is 0.825. The van der Waals surface area contributed by atoms with Gasteiger partial charge in [-0.15, -0.1) is 0 Å². The number of carbonyl (C=O) groups is 1. The van der Waals surface area contributed by atoms with Crippen molar-refractivity contribution >= 4 is 15.9 Å². The summed E-state index contributed by atoms with van der Waals surface area (Å²) in [4.78, 5) is 12.1. The first-order chi connectivity index (χ1) is 11.8. The molecule has 25 heavy (non-hydrogen) atoms. The van der Waals surface area contributed by atoms with Crippen LogP contribution in [0.15, 0.2) is 48.5 Å². The third-order valence-electron chi connectivity index (χ3n) is 3.87. The average Bonchev–Trinajstić information content (AvgIpc) is 2.53. The molecule has 0 heterocycles. The van der Waals surface area contributed by atoms with Crippen molar-refractivity contribution in [2.45, 2.75) is 20.4 Å². The molecule has 2 aromatic rings. The predicted molar refractivity (Wildman–Crippen MR) is 99.9 cm³/mol. The lowest BCUT2D eigenvalue weighted by Crippen LogP contribution is -2.37. The Morgan fingerprint density at radius 2 is 1.72 bits per heavy atom. The number of sulfonamides is 1. The number of nitrogens with one attached hydrogen (secondary N) is 1. The van der Waals surface area contributed by atoms with Crippen LogP contribution in [0.4, 0.5) is 0 Å². The molecule has 0 aliphatic carbocycles. The number of benzene rings is 2. The number of aryl methyl sites for hydroxylation is 2. The van der Waals surface area contributed by atoms with Gasteiger partial charge in [0.2, 0.25) is 10.0 Å². The Hall–Kier alpha value is -2.18. The molecule has 1 N–H and O–H groups in total. The number of amides is 1. The van der Waals surface area contributed by atoms with Gasteiger partial charge in [-0.1, -0.05) is 47.5 Å². The molecule has 0 saturated heterocycles. The van der Waals surface area contributed by atoms with Crippen molar-refractivity contribution in [1.82, 2.24) is 9.62 Å². The zero-order chi connectivity index (χ0) is 18.4. The zero-order valence-corrected chi connectivity index (χ0v) is 15.6. The first kappa shape index (κ1) is 19.1. The summed E-state index contributed by atoms with van der Waals surface area (Å²) >= 11 is 0.